The molecule has 0 radical (unpaired) electrons. The van der Waals surface area contributed by atoms with E-state index in [1.54, 1.807) is 30.9 Å². The predicted molar refractivity (Wildman–Crippen MR) is 80.3 cm³/mol. The largest absolute Gasteiger partial charge is 0.399 e. The molecule has 0 saturated carbocycles. The van der Waals surface area contributed by atoms with Gasteiger partial charge in [-0.3, -0.25) is 4.79 Å². The average Bonchev–Trinajstić information content (AvgIpc) is 2.37. The standard InChI is InChI=1S/C13H21N3OS/c1-4-10(8-18-3)16-12-7-9(14)5-6-11(12)13(17)15-2/h5-7,10,16H,4,8,14H2,1-3H3,(H,15,17). The van der Waals surface area contributed by atoms with Gasteiger partial charge in [-0.1, -0.05) is 6.92 Å². The quantitative estimate of drug-likeness (QED) is 0.691. The molecule has 1 unspecified atom stereocenters. The Bertz CT molecular complexity index is 409. The molecule has 0 aliphatic heterocycles. The number of anilines is 2. The minimum Gasteiger partial charge on any atom is -0.399 e. The van der Waals surface area contributed by atoms with Gasteiger partial charge in [0.1, 0.15) is 0 Å². The van der Waals surface area contributed by atoms with Gasteiger partial charge >= 0.3 is 0 Å². The normalized spacial score (nSPS) is 11.9. The summed E-state index contributed by atoms with van der Waals surface area (Å²) in [6.07, 6.45) is 3.08. The molecular weight excluding hydrogens is 246 g/mol. The van der Waals surface area contributed by atoms with Gasteiger partial charge in [0.2, 0.25) is 0 Å². The lowest BCUT2D eigenvalue weighted by Gasteiger charge is -2.19. The molecule has 0 aliphatic carbocycles. The average molecular weight is 267 g/mol. The van der Waals surface area contributed by atoms with Crippen molar-refractivity contribution in [3.8, 4) is 0 Å². The van der Waals surface area contributed by atoms with E-state index in [1.165, 1.54) is 0 Å². The minimum atomic E-state index is -0.100. The molecule has 5 heteroatoms. The highest BCUT2D eigenvalue weighted by Crippen LogP contribution is 2.21. The number of nitrogens with one attached hydrogen (secondary N) is 2. The van der Waals surface area contributed by atoms with Gasteiger partial charge in [-0.15, -0.1) is 0 Å². The fourth-order valence-corrected chi connectivity index (χ4v) is 2.42. The Morgan fingerprint density at radius 2 is 2.22 bits per heavy atom. The summed E-state index contributed by atoms with van der Waals surface area (Å²) in [7, 11) is 1.63. The van der Waals surface area contributed by atoms with Crippen LogP contribution in [-0.2, 0) is 0 Å². The van der Waals surface area contributed by atoms with Crippen LogP contribution < -0.4 is 16.4 Å². The number of nitrogen functional groups attached to an aromatic ring is 1. The Labute approximate surface area is 113 Å². The Hall–Kier alpha value is -1.36. The van der Waals surface area contributed by atoms with Crippen LogP contribution in [-0.4, -0.2) is 31.0 Å². The van der Waals surface area contributed by atoms with Crippen LogP contribution in [0.5, 0.6) is 0 Å². The van der Waals surface area contributed by atoms with Crippen molar-refractivity contribution in [3.63, 3.8) is 0 Å². The third-order valence-electron chi connectivity index (χ3n) is 2.74. The zero-order valence-corrected chi connectivity index (χ0v) is 11.9. The molecule has 1 rings (SSSR count). The highest BCUT2D eigenvalue weighted by Gasteiger charge is 2.13. The number of benzene rings is 1. The summed E-state index contributed by atoms with van der Waals surface area (Å²) in [5.74, 6) is 0.898. The number of carbonyl (C=O) groups excluding carboxylic acids is 1. The molecule has 18 heavy (non-hydrogen) atoms. The summed E-state index contributed by atoms with van der Waals surface area (Å²) in [5.41, 5.74) is 7.87. The number of rotatable bonds is 6. The van der Waals surface area contributed by atoms with E-state index < -0.39 is 0 Å². The van der Waals surface area contributed by atoms with E-state index >= 15 is 0 Å². The molecule has 0 aliphatic rings. The maximum absolute atomic E-state index is 11.8. The van der Waals surface area contributed by atoms with Crippen LogP contribution in [0.1, 0.15) is 23.7 Å². The fraction of sp³-hybridized carbons (Fsp3) is 0.462. The molecule has 0 heterocycles. The van der Waals surface area contributed by atoms with Crippen molar-refractivity contribution in [2.75, 3.05) is 30.1 Å². The first kappa shape index (κ1) is 14.7. The maximum atomic E-state index is 11.8. The van der Waals surface area contributed by atoms with Crippen molar-refractivity contribution in [2.45, 2.75) is 19.4 Å². The van der Waals surface area contributed by atoms with Crippen LogP contribution in [0.15, 0.2) is 18.2 Å². The van der Waals surface area contributed by atoms with E-state index in [0.717, 1.165) is 17.9 Å². The molecule has 4 N–H and O–H groups in total. The predicted octanol–water partition coefficient (Wildman–Crippen LogP) is 2.18. The molecule has 0 aromatic heterocycles. The van der Waals surface area contributed by atoms with Crippen LogP contribution in [0.3, 0.4) is 0 Å². The van der Waals surface area contributed by atoms with Crippen LogP contribution >= 0.6 is 11.8 Å². The first-order valence-corrected chi connectivity index (χ1v) is 7.38. The second-order valence-electron chi connectivity index (χ2n) is 4.09. The van der Waals surface area contributed by atoms with E-state index in [9.17, 15) is 4.79 Å². The molecular formula is C13H21N3OS. The molecule has 1 amide bonds. The van der Waals surface area contributed by atoms with Crippen LogP contribution in [0.25, 0.3) is 0 Å². The highest BCUT2D eigenvalue weighted by molar-refractivity contribution is 7.98. The van der Waals surface area contributed by atoms with Crippen molar-refractivity contribution in [1.29, 1.82) is 0 Å². The van der Waals surface area contributed by atoms with Gasteiger partial charge in [0.05, 0.1) is 5.56 Å². The third-order valence-corrected chi connectivity index (χ3v) is 3.47. The van der Waals surface area contributed by atoms with Crippen molar-refractivity contribution in [2.24, 2.45) is 0 Å². The van der Waals surface area contributed by atoms with E-state index in [4.69, 9.17) is 5.73 Å². The van der Waals surface area contributed by atoms with Gasteiger partial charge in [-0.05, 0) is 30.9 Å². The molecule has 1 atom stereocenters. The first-order chi connectivity index (χ1) is 8.62. The summed E-state index contributed by atoms with van der Waals surface area (Å²) < 4.78 is 0. The zero-order chi connectivity index (χ0) is 13.5. The van der Waals surface area contributed by atoms with E-state index in [2.05, 4.69) is 23.8 Å². The number of nitrogens with two attached hydrogens (primary N) is 1. The minimum absolute atomic E-state index is 0.100. The maximum Gasteiger partial charge on any atom is 0.253 e. The Kier molecular flexibility index (Phi) is 5.85. The Morgan fingerprint density at radius 1 is 1.50 bits per heavy atom. The van der Waals surface area contributed by atoms with Crippen molar-refractivity contribution in [3.05, 3.63) is 23.8 Å². The molecule has 1 aromatic rings. The molecule has 4 nitrogen and oxygen atoms in total. The van der Waals surface area contributed by atoms with E-state index in [1.807, 2.05) is 6.07 Å². The van der Waals surface area contributed by atoms with Gasteiger partial charge < -0.3 is 16.4 Å². The number of carbonyl (C=O) groups is 1. The lowest BCUT2D eigenvalue weighted by Crippen LogP contribution is -2.25. The van der Waals surface area contributed by atoms with Crippen molar-refractivity contribution in [1.82, 2.24) is 5.32 Å². The summed E-state index contributed by atoms with van der Waals surface area (Å²) in [4.78, 5) is 11.8. The fourth-order valence-electron chi connectivity index (χ4n) is 1.70. The Morgan fingerprint density at radius 3 is 2.78 bits per heavy atom. The molecule has 0 saturated heterocycles. The smallest absolute Gasteiger partial charge is 0.253 e. The van der Waals surface area contributed by atoms with Crippen LogP contribution in [0.2, 0.25) is 0 Å². The van der Waals surface area contributed by atoms with Crippen LogP contribution in [0, 0.1) is 0 Å². The molecule has 0 bridgehead atoms. The topological polar surface area (TPSA) is 67.1 Å². The van der Waals surface area contributed by atoms with Gasteiger partial charge in [-0.25, -0.2) is 0 Å². The monoisotopic (exact) mass is 267 g/mol. The van der Waals surface area contributed by atoms with Gasteiger partial charge in [0, 0.05) is 30.2 Å². The summed E-state index contributed by atoms with van der Waals surface area (Å²) >= 11 is 1.78. The number of hydrogen-bond donors (Lipinski definition) is 3. The molecule has 100 valence electrons. The second kappa shape index (κ2) is 7.16. The second-order valence-corrected chi connectivity index (χ2v) is 5.00. The molecule has 0 spiro atoms. The summed E-state index contributed by atoms with van der Waals surface area (Å²) in [6.45, 7) is 2.12. The lowest BCUT2D eigenvalue weighted by molar-refractivity contribution is 0.0964. The third kappa shape index (κ3) is 3.84. The van der Waals surface area contributed by atoms with E-state index in [0.29, 0.717) is 17.3 Å². The molecule has 1 aromatic carbocycles. The Balaban J connectivity index is 2.97. The number of hydrogen-bond acceptors (Lipinski definition) is 4. The van der Waals surface area contributed by atoms with Crippen LogP contribution in [0.4, 0.5) is 11.4 Å². The highest BCUT2D eigenvalue weighted by atomic mass is 32.2. The summed E-state index contributed by atoms with van der Waals surface area (Å²) in [6, 6.07) is 5.64. The number of thioether (sulfide) groups is 1. The van der Waals surface area contributed by atoms with Crippen molar-refractivity contribution < 1.29 is 4.79 Å². The lowest BCUT2D eigenvalue weighted by atomic mass is 10.1. The van der Waals surface area contributed by atoms with Gasteiger partial charge in [0.15, 0.2) is 0 Å². The zero-order valence-electron chi connectivity index (χ0n) is 11.1. The molecule has 0 fully saturated rings. The first-order valence-electron chi connectivity index (χ1n) is 5.99. The SMILES string of the molecule is CCC(CSC)Nc1cc(N)ccc1C(=O)NC. The van der Waals surface area contributed by atoms with E-state index in [-0.39, 0.29) is 5.91 Å². The van der Waals surface area contributed by atoms with Gasteiger partial charge in [-0.2, -0.15) is 11.8 Å². The van der Waals surface area contributed by atoms with Crippen molar-refractivity contribution >= 4 is 29.0 Å². The summed E-state index contributed by atoms with van der Waals surface area (Å²) in [5, 5.41) is 6.03. The van der Waals surface area contributed by atoms with Gasteiger partial charge in [0.25, 0.3) is 5.91 Å². The number of amides is 1.